The number of nitrogens with one attached hydrogen (secondary N) is 1. The lowest BCUT2D eigenvalue weighted by atomic mass is 10.1. The average molecular weight is 495 g/mol. The van der Waals surface area contributed by atoms with Crippen molar-refractivity contribution >= 4 is 28.4 Å². The minimum absolute atomic E-state index is 0.105. The molecule has 2 heterocycles. The third kappa shape index (κ3) is 8.30. The Morgan fingerprint density at radius 2 is 2.26 bits per heavy atom. The second-order valence-corrected chi connectivity index (χ2v) is 8.82. The van der Waals surface area contributed by atoms with Crippen LogP contribution in [0.3, 0.4) is 0 Å². The summed E-state index contributed by atoms with van der Waals surface area (Å²) in [6, 6.07) is 2.27. The Morgan fingerprint density at radius 3 is 2.97 bits per heavy atom. The van der Waals surface area contributed by atoms with Gasteiger partial charge in [0, 0.05) is 18.4 Å². The molecule has 11 heteroatoms. The molecule has 34 heavy (non-hydrogen) atoms. The van der Waals surface area contributed by atoms with E-state index in [-0.39, 0.29) is 19.0 Å². The van der Waals surface area contributed by atoms with Gasteiger partial charge in [0.2, 0.25) is 0 Å². The van der Waals surface area contributed by atoms with E-state index in [1.807, 2.05) is 6.92 Å². The van der Waals surface area contributed by atoms with Gasteiger partial charge in [0.05, 0.1) is 12.1 Å². The van der Waals surface area contributed by atoms with Gasteiger partial charge < -0.3 is 24.4 Å². The number of carbonyl (C=O) groups is 1. The molecular formula is C23H34N4O6S. The number of nitrogens with two attached hydrogens (primary N) is 1. The number of unbranched alkanes of at least 4 members (excludes halogenated alkanes) is 2. The van der Waals surface area contributed by atoms with Crippen LogP contribution in [0.1, 0.15) is 57.8 Å². The van der Waals surface area contributed by atoms with Crippen LogP contribution < -0.4 is 21.4 Å². The summed E-state index contributed by atoms with van der Waals surface area (Å²) in [6.45, 7) is 8.08. The number of amides is 1. The minimum Gasteiger partial charge on any atom is -0.489 e. The van der Waals surface area contributed by atoms with Crippen LogP contribution in [0.5, 0.6) is 5.75 Å². The number of hydrogen-bond donors (Lipinski definition) is 3. The summed E-state index contributed by atoms with van der Waals surface area (Å²) in [5, 5.41) is 16.2. The van der Waals surface area contributed by atoms with Gasteiger partial charge in [-0.25, -0.2) is 9.79 Å². The summed E-state index contributed by atoms with van der Waals surface area (Å²) in [7, 11) is 0. The van der Waals surface area contributed by atoms with Gasteiger partial charge in [-0.2, -0.15) is 0 Å². The van der Waals surface area contributed by atoms with E-state index in [0.717, 1.165) is 12.8 Å². The molecule has 0 spiro atoms. The number of ether oxygens (including phenoxy) is 1. The van der Waals surface area contributed by atoms with Crippen LogP contribution in [0.15, 0.2) is 44.1 Å². The summed E-state index contributed by atoms with van der Waals surface area (Å²) in [4.78, 5) is 34.8. The molecule has 0 fully saturated rings. The third-order valence-electron chi connectivity index (χ3n) is 4.90. The second-order valence-electron chi connectivity index (χ2n) is 7.85. The number of nitrogens with zero attached hydrogens (tertiary/aromatic N) is 2. The summed E-state index contributed by atoms with van der Waals surface area (Å²) < 4.78 is 10.8. The molecule has 2 atom stereocenters. The Bertz CT molecular complexity index is 948. The third-order valence-corrected chi connectivity index (χ3v) is 6.15. The zero-order chi connectivity index (χ0) is 25.0. The maximum atomic E-state index is 13.1. The Morgan fingerprint density at radius 1 is 1.47 bits per heavy atom. The number of rotatable bonds is 15. The number of carbonyl (C=O) groups excluding carboxylic acids is 1. The van der Waals surface area contributed by atoms with Crippen LogP contribution in [-0.2, 0) is 9.63 Å². The van der Waals surface area contributed by atoms with Crippen LogP contribution in [0.25, 0.3) is 0 Å². The maximum absolute atomic E-state index is 13.1. The highest BCUT2D eigenvalue weighted by Crippen LogP contribution is 2.28. The summed E-state index contributed by atoms with van der Waals surface area (Å²) in [5.74, 6) is 0.388. The summed E-state index contributed by atoms with van der Waals surface area (Å²) in [5.41, 5.74) is 4.79. The van der Waals surface area contributed by atoms with Gasteiger partial charge in [-0.1, -0.05) is 37.6 Å². The van der Waals surface area contributed by atoms with Crippen molar-refractivity contribution in [3.8, 4) is 5.75 Å². The molecule has 1 aliphatic heterocycles. The molecule has 0 saturated heterocycles. The quantitative estimate of drug-likeness (QED) is 0.146. The first-order valence-electron chi connectivity index (χ1n) is 11.3. The van der Waals surface area contributed by atoms with Crippen molar-refractivity contribution in [3.05, 3.63) is 41.0 Å². The van der Waals surface area contributed by atoms with Crippen molar-refractivity contribution in [1.82, 2.24) is 5.32 Å². The van der Waals surface area contributed by atoms with Crippen molar-refractivity contribution in [2.45, 2.75) is 57.7 Å². The number of thioether (sulfide) groups is 1. The van der Waals surface area contributed by atoms with E-state index in [1.165, 1.54) is 17.8 Å². The van der Waals surface area contributed by atoms with E-state index in [4.69, 9.17) is 24.8 Å². The molecule has 0 unspecified atom stereocenters. The van der Waals surface area contributed by atoms with Crippen LogP contribution in [0.4, 0.5) is 0 Å². The number of aliphatic hydroxyl groups excluding tert-OH is 1. The van der Waals surface area contributed by atoms with Crippen molar-refractivity contribution in [1.29, 1.82) is 0 Å². The summed E-state index contributed by atoms with van der Waals surface area (Å²) >= 11 is 1.32. The lowest BCUT2D eigenvalue weighted by Gasteiger charge is -2.24. The molecule has 0 aliphatic carbocycles. The fourth-order valence-electron chi connectivity index (χ4n) is 3.05. The minimum atomic E-state index is -1.49. The van der Waals surface area contributed by atoms with E-state index in [1.54, 1.807) is 19.1 Å². The zero-order valence-corrected chi connectivity index (χ0v) is 20.6. The molecule has 0 aromatic carbocycles. The van der Waals surface area contributed by atoms with Crippen molar-refractivity contribution in [2.24, 2.45) is 15.9 Å². The SMILES string of the molecule is C=CCOc1cc([C@@H](CCCC)NC(=O)[C@]2(N)CSC(/C(C)=N/OCCCCO)=N2)oc(=O)c1. The Kier molecular flexibility index (Phi) is 11.3. The molecule has 188 valence electrons. The topological polar surface area (TPSA) is 149 Å². The van der Waals surface area contributed by atoms with E-state index in [2.05, 4.69) is 22.0 Å². The highest BCUT2D eigenvalue weighted by molar-refractivity contribution is 8.16. The Hall–Kier alpha value is -2.63. The number of aliphatic imine (C=N–C) groups is 1. The molecule has 0 saturated carbocycles. The van der Waals surface area contributed by atoms with Crippen LogP contribution in [0.2, 0.25) is 0 Å². The molecule has 1 amide bonds. The van der Waals surface area contributed by atoms with Gasteiger partial charge in [-0.05, 0) is 26.2 Å². The number of oxime groups is 1. The largest absolute Gasteiger partial charge is 0.489 e. The van der Waals surface area contributed by atoms with E-state index < -0.39 is 23.2 Å². The van der Waals surface area contributed by atoms with Gasteiger partial charge in [0.25, 0.3) is 5.91 Å². The molecule has 0 radical (unpaired) electrons. The van der Waals surface area contributed by atoms with Gasteiger partial charge in [0.1, 0.15) is 35.5 Å². The van der Waals surface area contributed by atoms with Gasteiger partial charge in [-0.15, -0.1) is 11.8 Å². The van der Waals surface area contributed by atoms with E-state index >= 15 is 0 Å². The lowest BCUT2D eigenvalue weighted by molar-refractivity contribution is -0.126. The van der Waals surface area contributed by atoms with Crippen molar-refractivity contribution in [3.63, 3.8) is 0 Å². The number of aliphatic hydroxyl groups is 1. The average Bonchev–Trinajstić information content (AvgIpc) is 3.23. The Balaban J connectivity index is 2.14. The fraction of sp³-hybridized carbons (Fsp3) is 0.565. The molecule has 0 bridgehead atoms. The second kappa shape index (κ2) is 13.9. The standard InChI is InChI=1S/C23H34N4O6S/c1-4-6-9-18(19-13-17(31-11-5-2)14-20(29)33-19)25-22(30)23(24)15-34-21(26-23)16(3)27-32-12-8-7-10-28/h5,13-14,18,28H,2,4,6-12,15,24H2,1,3H3,(H,25,30)/b27-16+/t18-,23+/m1/s1. The predicted molar refractivity (Wildman–Crippen MR) is 133 cm³/mol. The smallest absolute Gasteiger partial charge is 0.339 e. The first-order chi connectivity index (χ1) is 16.3. The van der Waals surface area contributed by atoms with Crippen LogP contribution >= 0.6 is 11.8 Å². The van der Waals surface area contributed by atoms with Gasteiger partial charge >= 0.3 is 5.63 Å². The highest BCUT2D eigenvalue weighted by atomic mass is 32.2. The first-order valence-corrected chi connectivity index (χ1v) is 12.3. The summed E-state index contributed by atoms with van der Waals surface area (Å²) in [6.07, 6.45) is 5.14. The first kappa shape index (κ1) is 27.6. The monoisotopic (exact) mass is 494 g/mol. The molecule has 1 aliphatic rings. The highest BCUT2D eigenvalue weighted by Gasteiger charge is 2.41. The van der Waals surface area contributed by atoms with Gasteiger partial charge in [0.15, 0.2) is 5.66 Å². The van der Waals surface area contributed by atoms with Crippen molar-refractivity contribution < 1.29 is 23.9 Å². The maximum Gasteiger partial charge on any atom is 0.339 e. The lowest BCUT2D eigenvalue weighted by Crippen LogP contribution is -2.54. The van der Waals surface area contributed by atoms with Crippen molar-refractivity contribution in [2.75, 3.05) is 25.6 Å². The fourth-order valence-corrected chi connectivity index (χ4v) is 4.07. The van der Waals surface area contributed by atoms with E-state index in [0.29, 0.717) is 48.1 Å². The van der Waals surface area contributed by atoms with Crippen LogP contribution in [0, 0.1) is 0 Å². The predicted octanol–water partition coefficient (Wildman–Crippen LogP) is 2.52. The molecular weight excluding hydrogens is 460 g/mol. The Labute approximate surface area is 203 Å². The van der Waals surface area contributed by atoms with Gasteiger partial charge in [-0.3, -0.25) is 10.5 Å². The number of hydrogen-bond acceptors (Lipinski definition) is 10. The zero-order valence-electron chi connectivity index (χ0n) is 19.7. The molecule has 1 aromatic heterocycles. The molecule has 10 nitrogen and oxygen atoms in total. The normalized spacial score (nSPS) is 18.8. The van der Waals surface area contributed by atoms with E-state index in [9.17, 15) is 9.59 Å². The van der Waals surface area contributed by atoms with Crippen LogP contribution in [-0.4, -0.2) is 53.0 Å². The molecule has 4 N–H and O–H groups in total. The molecule has 2 rings (SSSR count). The molecule has 1 aromatic rings.